The minimum atomic E-state index is -1.03. The highest BCUT2D eigenvalue weighted by Crippen LogP contribution is 2.20. The van der Waals surface area contributed by atoms with Gasteiger partial charge in [-0.05, 0) is 18.6 Å². The molecule has 100 valence electrons. The smallest absolute Gasteiger partial charge is 0.170 e. The van der Waals surface area contributed by atoms with Gasteiger partial charge in [0.15, 0.2) is 17.3 Å². The number of anilines is 1. The van der Waals surface area contributed by atoms with Gasteiger partial charge >= 0.3 is 0 Å². The van der Waals surface area contributed by atoms with Crippen LogP contribution in [-0.4, -0.2) is 30.4 Å². The molecule has 0 N–H and O–H groups in total. The number of rotatable bonds is 4. The van der Waals surface area contributed by atoms with E-state index in [0.717, 1.165) is 5.69 Å². The van der Waals surface area contributed by atoms with Crippen LogP contribution in [0.4, 0.5) is 5.69 Å². The van der Waals surface area contributed by atoms with Crippen molar-refractivity contribution < 1.29 is 14.4 Å². The van der Waals surface area contributed by atoms with Crippen LogP contribution in [0, 0.1) is 5.92 Å². The van der Waals surface area contributed by atoms with E-state index in [1.54, 1.807) is 4.90 Å². The maximum Gasteiger partial charge on any atom is 0.170 e. The number of ketones is 3. The third kappa shape index (κ3) is 2.89. The van der Waals surface area contributed by atoms with Crippen molar-refractivity contribution in [2.24, 2.45) is 5.92 Å². The summed E-state index contributed by atoms with van der Waals surface area (Å²) in [6.07, 6.45) is 0.964. The summed E-state index contributed by atoms with van der Waals surface area (Å²) in [7, 11) is 0. The van der Waals surface area contributed by atoms with Crippen LogP contribution in [0.3, 0.4) is 0 Å². The molecule has 0 amide bonds. The second-order valence-electron chi connectivity index (χ2n) is 4.77. The predicted octanol–water partition coefficient (Wildman–Crippen LogP) is 1.63. The van der Waals surface area contributed by atoms with Crippen LogP contribution in [0.1, 0.15) is 19.8 Å². The van der Waals surface area contributed by atoms with Gasteiger partial charge in [-0.25, -0.2) is 0 Å². The number of carbonyl (C=O) groups is 3. The first-order valence-electron chi connectivity index (χ1n) is 6.51. The monoisotopic (exact) mass is 259 g/mol. The van der Waals surface area contributed by atoms with Crippen LogP contribution in [0.2, 0.25) is 0 Å². The Kier molecular flexibility index (Phi) is 4.10. The van der Waals surface area contributed by atoms with Crippen LogP contribution >= 0.6 is 0 Å². The Morgan fingerprint density at radius 1 is 1.16 bits per heavy atom. The van der Waals surface area contributed by atoms with E-state index in [1.807, 2.05) is 37.3 Å². The summed E-state index contributed by atoms with van der Waals surface area (Å²) < 4.78 is 0. The Hall–Kier alpha value is -1.97. The predicted molar refractivity (Wildman–Crippen MR) is 72.1 cm³/mol. The molecule has 1 fully saturated rings. The number of carbonyl (C=O) groups excluding carboxylic acids is 3. The Bertz CT molecular complexity index is 477. The van der Waals surface area contributed by atoms with Gasteiger partial charge in [0.25, 0.3) is 0 Å². The van der Waals surface area contributed by atoms with Gasteiger partial charge < -0.3 is 4.90 Å². The van der Waals surface area contributed by atoms with Crippen LogP contribution in [0.5, 0.6) is 0 Å². The van der Waals surface area contributed by atoms with Crippen LogP contribution < -0.4 is 4.90 Å². The lowest BCUT2D eigenvalue weighted by atomic mass is 9.88. The maximum atomic E-state index is 12.0. The summed E-state index contributed by atoms with van der Waals surface area (Å²) in [5.41, 5.74) is 0.839. The number of nitrogens with zero attached hydrogens (tertiary/aromatic N) is 1. The molecule has 1 aromatic rings. The van der Waals surface area contributed by atoms with Gasteiger partial charge in [0, 0.05) is 12.1 Å². The fraction of sp³-hybridized carbons (Fsp3) is 0.400. The first-order chi connectivity index (χ1) is 9.13. The molecule has 1 aliphatic rings. The minimum absolute atomic E-state index is 0.135. The summed E-state index contributed by atoms with van der Waals surface area (Å²) in [4.78, 5) is 37.6. The molecule has 1 heterocycles. The summed E-state index contributed by atoms with van der Waals surface area (Å²) in [6, 6.07) is 9.31. The largest absolute Gasteiger partial charge is 0.357 e. The molecule has 19 heavy (non-hydrogen) atoms. The normalized spacial score (nSPS) is 16.8. The average molecular weight is 259 g/mol. The van der Waals surface area contributed by atoms with Gasteiger partial charge in [0.05, 0.1) is 13.1 Å². The van der Waals surface area contributed by atoms with Crippen molar-refractivity contribution in [3.63, 3.8) is 0 Å². The molecule has 0 bridgehead atoms. The molecule has 0 aliphatic carbocycles. The number of piperidine rings is 1. The van der Waals surface area contributed by atoms with Crippen molar-refractivity contribution in [1.82, 2.24) is 0 Å². The van der Waals surface area contributed by atoms with Crippen molar-refractivity contribution in [2.75, 3.05) is 18.0 Å². The zero-order valence-electron chi connectivity index (χ0n) is 11.0. The Morgan fingerprint density at radius 3 is 2.26 bits per heavy atom. The molecule has 1 saturated heterocycles. The van der Waals surface area contributed by atoms with E-state index >= 15 is 0 Å². The third-order valence-electron chi connectivity index (χ3n) is 3.28. The Morgan fingerprint density at radius 2 is 1.74 bits per heavy atom. The van der Waals surface area contributed by atoms with Crippen molar-refractivity contribution in [1.29, 1.82) is 0 Å². The number of hydrogen-bond acceptors (Lipinski definition) is 4. The van der Waals surface area contributed by atoms with Gasteiger partial charge in [-0.3, -0.25) is 14.4 Å². The molecule has 2 rings (SSSR count). The molecule has 0 aromatic heterocycles. The summed E-state index contributed by atoms with van der Waals surface area (Å²) >= 11 is 0. The quantitative estimate of drug-likeness (QED) is 0.771. The SMILES string of the molecule is CCCC(=O)C1C(=O)CN(c2ccccc2)CC1=O. The second kappa shape index (κ2) is 5.78. The summed E-state index contributed by atoms with van der Waals surface area (Å²) in [6.45, 7) is 2.14. The van der Waals surface area contributed by atoms with E-state index in [0.29, 0.717) is 12.8 Å². The summed E-state index contributed by atoms with van der Waals surface area (Å²) in [5, 5.41) is 0. The van der Waals surface area contributed by atoms with E-state index in [2.05, 4.69) is 0 Å². The molecule has 0 saturated carbocycles. The van der Waals surface area contributed by atoms with Gasteiger partial charge in [-0.2, -0.15) is 0 Å². The Labute approximate surface area is 112 Å². The van der Waals surface area contributed by atoms with Crippen molar-refractivity contribution in [3.8, 4) is 0 Å². The molecule has 0 unspecified atom stereocenters. The molecule has 1 aliphatic heterocycles. The lowest BCUT2D eigenvalue weighted by Gasteiger charge is -2.30. The molecule has 4 heteroatoms. The molecular formula is C15H17NO3. The molecule has 0 spiro atoms. The zero-order chi connectivity index (χ0) is 13.8. The highest BCUT2D eigenvalue weighted by Gasteiger charge is 2.38. The summed E-state index contributed by atoms with van der Waals surface area (Å²) in [5.74, 6) is -1.82. The van der Waals surface area contributed by atoms with Crippen LogP contribution in [0.25, 0.3) is 0 Å². The number of hydrogen-bond donors (Lipinski definition) is 0. The standard InChI is InChI=1S/C15H17NO3/c1-2-6-12(17)15-13(18)9-16(10-14(15)19)11-7-4-3-5-8-11/h3-5,7-8,15H,2,6,9-10H2,1H3. The number of Topliss-reactive ketones (excluding diaryl/α,β-unsaturated/α-hetero) is 3. The van der Waals surface area contributed by atoms with Gasteiger partial charge in [0.1, 0.15) is 5.92 Å². The lowest BCUT2D eigenvalue weighted by molar-refractivity contribution is -0.140. The van der Waals surface area contributed by atoms with Crippen molar-refractivity contribution in [2.45, 2.75) is 19.8 Å². The topological polar surface area (TPSA) is 54.5 Å². The maximum absolute atomic E-state index is 12.0. The fourth-order valence-corrected chi connectivity index (χ4v) is 2.37. The number of para-hydroxylation sites is 1. The number of benzene rings is 1. The second-order valence-corrected chi connectivity index (χ2v) is 4.77. The molecule has 0 radical (unpaired) electrons. The van der Waals surface area contributed by atoms with Crippen molar-refractivity contribution in [3.05, 3.63) is 30.3 Å². The molecule has 1 aromatic carbocycles. The van der Waals surface area contributed by atoms with E-state index in [-0.39, 0.29) is 30.4 Å². The van der Waals surface area contributed by atoms with E-state index in [9.17, 15) is 14.4 Å². The zero-order valence-corrected chi connectivity index (χ0v) is 11.0. The molecule has 0 atom stereocenters. The minimum Gasteiger partial charge on any atom is -0.357 e. The van der Waals surface area contributed by atoms with Crippen molar-refractivity contribution >= 4 is 23.0 Å². The first-order valence-corrected chi connectivity index (χ1v) is 6.51. The van der Waals surface area contributed by atoms with Gasteiger partial charge in [0.2, 0.25) is 0 Å². The Balaban J connectivity index is 2.13. The van der Waals surface area contributed by atoms with Crippen LogP contribution in [0.15, 0.2) is 30.3 Å². The average Bonchev–Trinajstić information content (AvgIpc) is 2.39. The fourth-order valence-electron chi connectivity index (χ4n) is 2.37. The van der Waals surface area contributed by atoms with E-state index in [4.69, 9.17) is 0 Å². The molecular weight excluding hydrogens is 242 g/mol. The highest BCUT2D eigenvalue weighted by molar-refractivity contribution is 6.23. The highest BCUT2D eigenvalue weighted by atomic mass is 16.2. The molecule has 4 nitrogen and oxygen atoms in total. The van der Waals surface area contributed by atoms with Gasteiger partial charge in [-0.15, -0.1) is 0 Å². The van der Waals surface area contributed by atoms with E-state index in [1.165, 1.54) is 0 Å². The van der Waals surface area contributed by atoms with Gasteiger partial charge in [-0.1, -0.05) is 25.1 Å². The first kappa shape index (κ1) is 13.5. The third-order valence-corrected chi connectivity index (χ3v) is 3.28. The van der Waals surface area contributed by atoms with Crippen LogP contribution in [-0.2, 0) is 14.4 Å². The van der Waals surface area contributed by atoms with E-state index < -0.39 is 5.92 Å². The lowest BCUT2D eigenvalue weighted by Crippen LogP contribution is -2.50.